The molecule has 0 fully saturated rings. The summed E-state index contributed by atoms with van der Waals surface area (Å²) in [5.41, 5.74) is 2.10. The van der Waals surface area contributed by atoms with Crippen molar-refractivity contribution in [2.75, 3.05) is 0 Å². The summed E-state index contributed by atoms with van der Waals surface area (Å²) in [5, 5.41) is 10.6. The Morgan fingerprint density at radius 1 is 1.30 bits per heavy atom. The highest BCUT2D eigenvalue weighted by molar-refractivity contribution is 5.94. The summed E-state index contributed by atoms with van der Waals surface area (Å²) in [6.45, 7) is 6.21. The third-order valence-corrected chi connectivity index (χ3v) is 4.00. The standard InChI is InChI=1S/C16H19NO3/c1-11-8-15(18)14(16(2,3)10-11)9-12-4-6-13(7-5-12)17(19)20/h4-8,14H,9-10H2,1-3H3/t14-/m0/s1. The number of ketones is 1. The highest BCUT2D eigenvalue weighted by Crippen LogP contribution is 2.40. The van der Waals surface area contributed by atoms with Crippen molar-refractivity contribution in [2.45, 2.75) is 33.6 Å². The molecular weight excluding hydrogens is 254 g/mol. The van der Waals surface area contributed by atoms with Crippen LogP contribution >= 0.6 is 0 Å². The van der Waals surface area contributed by atoms with Crippen LogP contribution in [0, 0.1) is 21.4 Å². The van der Waals surface area contributed by atoms with Gasteiger partial charge in [0.25, 0.3) is 5.69 Å². The summed E-state index contributed by atoms with van der Waals surface area (Å²) >= 11 is 0. The van der Waals surface area contributed by atoms with E-state index in [1.165, 1.54) is 12.1 Å². The Morgan fingerprint density at radius 3 is 2.40 bits per heavy atom. The molecule has 1 aliphatic rings. The van der Waals surface area contributed by atoms with Crippen molar-refractivity contribution in [3.63, 3.8) is 0 Å². The largest absolute Gasteiger partial charge is 0.295 e. The molecule has 4 heteroatoms. The van der Waals surface area contributed by atoms with Gasteiger partial charge in [-0.2, -0.15) is 0 Å². The van der Waals surface area contributed by atoms with E-state index < -0.39 is 4.92 Å². The maximum absolute atomic E-state index is 12.2. The van der Waals surface area contributed by atoms with Crippen molar-refractivity contribution in [2.24, 2.45) is 11.3 Å². The number of carbonyl (C=O) groups excluding carboxylic acids is 1. The molecule has 1 aromatic rings. The number of nitro groups is 1. The first-order chi connectivity index (χ1) is 9.29. The lowest BCUT2D eigenvalue weighted by Gasteiger charge is -2.36. The van der Waals surface area contributed by atoms with Crippen molar-refractivity contribution in [1.82, 2.24) is 0 Å². The van der Waals surface area contributed by atoms with E-state index in [4.69, 9.17) is 0 Å². The second-order valence-corrected chi connectivity index (χ2v) is 6.24. The number of hydrogen-bond acceptors (Lipinski definition) is 3. The van der Waals surface area contributed by atoms with Gasteiger partial charge >= 0.3 is 0 Å². The number of nitro benzene ring substituents is 1. The fourth-order valence-electron chi connectivity index (χ4n) is 2.99. The maximum Gasteiger partial charge on any atom is 0.269 e. The van der Waals surface area contributed by atoms with Gasteiger partial charge in [-0.25, -0.2) is 0 Å². The Morgan fingerprint density at radius 2 is 1.90 bits per heavy atom. The number of benzene rings is 1. The van der Waals surface area contributed by atoms with Gasteiger partial charge in [-0.1, -0.05) is 31.6 Å². The van der Waals surface area contributed by atoms with Crippen LogP contribution < -0.4 is 0 Å². The van der Waals surface area contributed by atoms with E-state index in [1.54, 1.807) is 18.2 Å². The second-order valence-electron chi connectivity index (χ2n) is 6.24. The lowest BCUT2D eigenvalue weighted by atomic mass is 9.67. The molecule has 0 amide bonds. The van der Waals surface area contributed by atoms with Crippen LogP contribution in [0.1, 0.15) is 32.8 Å². The molecule has 1 aliphatic carbocycles. The first-order valence-corrected chi connectivity index (χ1v) is 6.74. The molecule has 2 rings (SSSR count). The van der Waals surface area contributed by atoms with Crippen LogP contribution in [-0.2, 0) is 11.2 Å². The number of non-ortho nitro benzene ring substituents is 1. The SMILES string of the molecule is CC1=CC(=O)[C@H](Cc2ccc([N+](=O)[O-])cc2)C(C)(C)C1. The third-order valence-electron chi connectivity index (χ3n) is 4.00. The number of hydrogen-bond donors (Lipinski definition) is 0. The predicted octanol–water partition coefficient (Wildman–Crippen LogP) is 3.70. The lowest BCUT2D eigenvalue weighted by molar-refractivity contribution is -0.384. The van der Waals surface area contributed by atoms with Gasteiger partial charge in [0.05, 0.1) is 4.92 Å². The Balaban J connectivity index is 2.20. The van der Waals surface area contributed by atoms with Gasteiger partial charge in [0, 0.05) is 18.1 Å². The average Bonchev–Trinajstić information content (AvgIpc) is 2.33. The molecule has 0 bridgehead atoms. The van der Waals surface area contributed by atoms with Crippen molar-refractivity contribution in [3.05, 3.63) is 51.6 Å². The van der Waals surface area contributed by atoms with Gasteiger partial charge in [-0.3, -0.25) is 14.9 Å². The number of nitrogens with zero attached hydrogens (tertiary/aromatic N) is 1. The van der Waals surface area contributed by atoms with Crippen LogP contribution in [0.4, 0.5) is 5.69 Å². The van der Waals surface area contributed by atoms with Gasteiger partial charge in [-0.05, 0) is 36.8 Å². The Kier molecular flexibility index (Phi) is 3.75. The molecule has 1 aromatic carbocycles. The zero-order valence-corrected chi connectivity index (χ0v) is 12.1. The zero-order chi connectivity index (χ0) is 14.9. The molecule has 0 aromatic heterocycles. The van der Waals surface area contributed by atoms with Gasteiger partial charge in [-0.15, -0.1) is 0 Å². The summed E-state index contributed by atoms with van der Waals surface area (Å²) in [4.78, 5) is 22.4. The summed E-state index contributed by atoms with van der Waals surface area (Å²) in [6, 6.07) is 6.48. The molecule has 20 heavy (non-hydrogen) atoms. The summed E-state index contributed by atoms with van der Waals surface area (Å²) in [6.07, 6.45) is 3.28. The minimum atomic E-state index is -0.411. The average molecular weight is 273 g/mol. The van der Waals surface area contributed by atoms with E-state index >= 15 is 0 Å². The van der Waals surface area contributed by atoms with E-state index in [1.807, 2.05) is 6.92 Å². The third kappa shape index (κ3) is 2.95. The monoisotopic (exact) mass is 273 g/mol. The van der Waals surface area contributed by atoms with Gasteiger partial charge in [0.15, 0.2) is 5.78 Å². The predicted molar refractivity (Wildman–Crippen MR) is 77.5 cm³/mol. The minimum absolute atomic E-state index is 0.0624. The highest BCUT2D eigenvalue weighted by Gasteiger charge is 2.37. The van der Waals surface area contributed by atoms with Crippen molar-refractivity contribution < 1.29 is 9.72 Å². The number of rotatable bonds is 3. The van der Waals surface area contributed by atoms with Crippen molar-refractivity contribution >= 4 is 11.5 Å². The molecule has 0 saturated heterocycles. The lowest BCUT2D eigenvalue weighted by Crippen LogP contribution is -2.35. The molecule has 0 aliphatic heterocycles. The van der Waals surface area contributed by atoms with E-state index in [-0.39, 0.29) is 22.8 Å². The fraction of sp³-hybridized carbons (Fsp3) is 0.438. The number of carbonyl (C=O) groups is 1. The highest BCUT2D eigenvalue weighted by atomic mass is 16.6. The first-order valence-electron chi connectivity index (χ1n) is 6.74. The number of allylic oxidation sites excluding steroid dienone is 2. The van der Waals surface area contributed by atoms with E-state index in [0.29, 0.717) is 6.42 Å². The Hall–Kier alpha value is -1.97. The van der Waals surface area contributed by atoms with Gasteiger partial charge in [0.2, 0.25) is 0 Å². The van der Waals surface area contributed by atoms with E-state index in [9.17, 15) is 14.9 Å². The first kappa shape index (κ1) is 14.4. The van der Waals surface area contributed by atoms with Crippen LogP contribution in [0.15, 0.2) is 35.9 Å². The molecule has 4 nitrogen and oxygen atoms in total. The van der Waals surface area contributed by atoms with Crippen LogP contribution in [0.5, 0.6) is 0 Å². The van der Waals surface area contributed by atoms with Crippen LogP contribution in [-0.4, -0.2) is 10.7 Å². The molecule has 0 radical (unpaired) electrons. The Bertz CT molecular complexity index is 570. The minimum Gasteiger partial charge on any atom is -0.295 e. The smallest absolute Gasteiger partial charge is 0.269 e. The quantitative estimate of drug-likeness (QED) is 0.623. The molecule has 1 atom stereocenters. The molecule has 0 saturated carbocycles. The van der Waals surface area contributed by atoms with Crippen LogP contribution in [0.25, 0.3) is 0 Å². The molecule has 0 heterocycles. The normalized spacial score (nSPS) is 21.4. The maximum atomic E-state index is 12.2. The van der Waals surface area contributed by atoms with E-state index in [2.05, 4.69) is 13.8 Å². The molecule has 0 unspecified atom stereocenters. The zero-order valence-electron chi connectivity index (χ0n) is 12.1. The second kappa shape index (κ2) is 5.19. The van der Waals surface area contributed by atoms with Gasteiger partial charge in [0.1, 0.15) is 0 Å². The molecular formula is C16H19NO3. The summed E-state index contributed by atoms with van der Waals surface area (Å²) in [5.74, 6) is 0.102. The molecule has 106 valence electrons. The van der Waals surface area contributed by atoms with E-state index in [0.717, 1.165) is 17.6 Å². The summed E-state index contributed by atoms with van der Waals surface area (Å²) < 4.78 is 0. The van der Waals surface area contributed by atoms with Crippen LogP contribution in [0.2, 0.25) is 0 Å². The topological polar surface area (TPSA) is 60.2 Å². The van der Waals surface area contributed by atoms with Crippen molar-refractivity contribution in [3.8, 4) is 0 Å². The Labute approximate surface area is 118 Å². The fourth-order valence-corrected chi connectivity index (χ4v) is 2.99. The summed E-state index contributed by atoms with van der Waals surface area (Å²) in [7, 11) is 0. The van der Waals surface area contributed by atoms with Crippen molar-refractivity contribution in [1.29, 1.82) is 0 Å². The van der Waals surface area contributed by atoms with Gasteiger partial charge < -0.3 is 0 Å². The van der Waals surface area contributed by atoms with Crippen LogP contribution in [0.3, 0.4) is 0 Å². The molecule has 0 spiro atoms. The molecule has 0 N–H and O–H groups in total.